The van der Waals surface area contributed by atoms with Gasteiger partial charge in [0.2, 0.25) is 0 Å². The van der Waals surface area contributed by atoms with E-state index in [4.69, 9.17) is 4.74 Å². The van der Waals surface area contributed by atoms with E-state index in [9.17, 15) is 4.79 Å². The van der Waals surface area contributed by atoms with Crippen molar-refractivity contribution in [1.29, 1.82) is 0 Å². The monoisotopic (exact) mass is 269 g/mol. The van der Waals surface area contributed by atoms with Gasteiger partial charge >= 0.3 is 5.97 Å². The molecular weight excluding hydrogens is 258 g/mol. The number of nitrogens with zero attached hydrogens (tertiary/aromatic N) is 1. The third kappa shape index (κ3) is 2.27. The molecule has 19 heavy (non-hydrogen) atoms. The van der Waals surface area contributed by atoms with Gasteiger partial charge in [-0.25, -0.2) is 4.79 Å². The second-order valence-electron chi connectivity index (χ2n) is 4.11. The second-order valence-corrected chi connectivity index (χ2v) is 5.02. The lowest BCUT2D eigenvalue weighted by Crippen LogP contribution is -2.05. The summed E-state index contributed by atoms with van der Waals surface area (Å²) in [6, 6.07) is 7.95. The van der Waals surface area contributed by atoms with Gasteiger partial charge in [0.05, 0.1) is 18.4 Å². The zero-order valence-corrected chi connectivity index (χ0v) is 11.1. The van der Waals surface area contributed by atoms with Crippen molar-refractivity contribution in [3.63, 3.8) is 0 Å². The van der Waals surface area contributed by atoms with Crippen LogP contribution >= 0.6 is 11.8 Å². The first-order valence-electron chi connectivity index (χ1n) is 5.80. The molecule has 2 aliphatic heterocycles. The minimum Gasteiger partial charge on any atom is -0.465 e. The number of thioether (sulfide) groups is 1. The Morgan fingerprint density at radius 2 is 2.11 bits per heavy atom. The number of benzene rings is 1. The Hall–Kier alpha value is -2.07. The fourth-order valence-electron chi connectivity index (χ4n) is 1.92. The van der Waals surface area contributed by atoms with Crippen molar-refractivity contribution in [2.24, 2.45) is 4.99 Å². The SMILES string of the molecule is COC(=O)C1=CSC2=Cc3ccccc3N=CC2=C1. The molecule has 3 rings (SSSR count). The molecule has 94 valence electrons. The molecular formula is C15H11NO2S. The van der Waals surface area contributed by atoms with Gasteiger partial charge in [-0.3, -0.25) is 4.99 Å². The summed E-state index contributed by atoms with van der Waals surface area (Å²) in [5.74, 6) is -0.325. The van der Waals surface area contributed by atoms with Crippen molar-refractivity contribution in [2.45, 2.75) is 0 Å². The Morgan fingerprint density at radius 3 is 2.95 bits per heavy atom. The predicted octanol–water partition coefficient (Wildman–Crippen LogP) is 3.47. The van der Waals surface area contributed by atoms with Crippen molar-refractivity contribution in [1.82, 2.24) is 0 Å². The van der Waals surface area contributed by atoms with Gasteiger partial charge in [-0.05, 0) is 23.6 Å². The molecule has 0 aliphatic carbocycles. The molecule has 0 N–H and O–H groups in total. The highest BCUT2D eigenvalue weighted by Gasteiger charge is 2.17. The summed E-state index contributed by atoms with van der Waals surface area (Å²) in [6.45, 7) is 0. The number of carbonyl (C=O) groups is 1. The number of esters is 1. The number of rotatable bonds is 1. The van der Waals surface area contributed by atoms with Gasteiger partial charge in [-0.1, -0.05) is 30.0 Å². The van der Waals surface area contributed by atoms with E-state index in [1.54, 1.807) is 6.21 Å². The van der Waals surface area contributed by atoms with Gasteiger partial charge in [-0.15, -0.1) is 0 Å². The Bertz CT molecular complexity index is 668. The third-order valence-electron chi connectivity index (χ3n) is 2.90. The fourth-order valence-corrected chi connectivity index (χ4v) is 2.78. The highest BCUT2D eigenvalue weighted by atomic mass is 32.2. The standard InChI is InChI=1S/C15H11NO2S/c1-18-15(17)12-6-11-8-16-13-5-3-2-4-10(13)7-14(11)19-9-12/h2-9H,1H3. The molecule has 0 saturated carbocycles. The minimum absolute atomic E-state index is 0.325. The summed E-state index contributed by atoms with van der Waals surface area (Å²) in [5.41, 5.74) is 3.51. The molecule has 1 aromatic rings. The molecule has 0 fully saturated rings. The zero-order chi connectivity index (χ0) is 13.2. The summed E-state index contributed by atoms with van der Waals surface area (Å²) >= 11 is 1.51. The molecule has 2 aliphatic rings. The number of hydrogen-bond acceptors (Lipinski definition) is 4. The molecule has 0 amide bonds. The summed E-state index contributed by atoms with van der Waals surface area (Å²) in [5, 5.41) is 1.81. The van der Waals surface area contributed by atoms with E-state index in [-0.39, 0.29) is 5.97 Å². The van der Waals surface area contributed by atoms with Crippen molar-refractivity contribution in [3.8, 4) is 0 Å². The molecule has 0 atom stereocenters. The number of methoxy groups -OCH3 is 1. The van der Waals surface area contributed by atoms with E-state index in [1.807, 2.05) is 35.7 Å². The Morgan fingerprint density at radius 1 is 1.26 bits per heavy atom. The topological polar surface area (TPSA) is 38.7 Å². The average Bonchev–Trinajstić information content (AvgIpc) is 2.64. The number of ether oxygens (including phenoxy) is 1. The van der Waals surface area contributed by atoms with Crippen molar-refractivity contribution in [2.75, 3.05) is 7.11 Å². The lowest BCUT2D eigenvalue weighted by molar-refractivity contribution is -0.135. The summed E-state index contributed by atoms with van der Waals surface area (Å²) < 4.78 is 4.73. The van der Waals surface area contributed by atoms with Gasteiger partial charge in [0, 0.05) is 22.3 Å². The fraction of sp³-hybridized carbons (Fsp3) is 0.0667. The third-order valence-corrected chi connectivity index (χ3v) is 3.87. The van der Waals surface area contributed by atoms with Gasteiger partial charge in [0.15, 0.2) is 0 Å². The molecule has 0 radical (unpaired) electrons. The average molecular weight is 269 g/mol. The normalized spacial score (nSPS) is 16.4. The van der Waals surface area contributed by atoms with Crippen LogP contribution in [0.3, 0.4) is 0 Å². The summed E-state index contributed by atoms with van der Waals surface area (Å²) in [6.07, 6.45) is 5.69. The lowest BCUT2D eigenvalue weighted by Gasteiger charge is -2.11. The second kappa shape index (κ2) is 4.90. The number of fused-ring (bicyclic) bond motifs is 2. The highest BCUT2D eigenvalue weighted by Crippen LogP contribution is 2.37. The van der Waals surface area contributed by atoms with Crippen LogP contribution in [0.1, 0.15) is 5.56 Å². The maximum absolute atomic E-state index is 11.5. The van der Waals surface area contributed by atoms with E-state index in [1.165, 1.54) is 18.9 Å². The van der Waals surface area contributed by atoms with Crippen LogP contribution in [0.15, 0.2) is 56.8 Å². The molecule has 4 heteroatoms. The number of aliphatic imine (C=N–C) groups is 1. The van der Waals surface area contributed by atoms with Crippen molar-refractivity contribution in [3.05, 3.63) is 57.4 Å². The maximum Gasteiger partial charge on any atom is 0.338 e. The van der Waals surface area contributed by atoms with E-state index < -0.39 is 0 Å². The smallest absolute Gasteiger partial charge is 0.338 e. The number of allylic oxidation sites excluding steroid dienone is 1. The quantitative estimate of drug-likeness (QED) is 0.733. The number of hydrogen-bond donors (Lipinski definition) is 0. The number of carbonyl (C=O) groups excluding carboxylic acids is 1. The first-order valence-corrected chi connectivity index (χ1v) is 6.68. The lowest BCUT2D eigenvalue weighted by atomic mass is 10.1. The van der Waals surface area contributed by atoms with Crippen LogP contribution in [0.4, 0.5) is 5.69 Å². The first kappa shape index (κ1) is 12.0. The molecule has 0 saturated heterocycles. The van der Waals surface area contributed by atoms with Crippen LogP contribution in [0, 0.1) is 0 Å². The number of para-hydroxylation sites is 1. The van der Waals surface area contributed by atoms with Crippen LogP contribution in [0.25, 0.3) is 6.08 Å². The molecule has 1 aromatic carbocycles. The van der Waals surface area contributed by atoms with E-state index in [0.29, 0.717) is 5.57 Å². The molecule has 3 nitrogen and oxygen atoms in total. The summed E-state index contributed by atoms with van der Waals surface area (Å²) in [7, 11) is 1.38. The zero-order valence-electron chi connectivity index (χ0n) is 10.3. The summed E-state index contributed by atoms with van der Waals surface area (Å²) in [4.78, 5) is 17.1. The first-order chi connectivity index (χ1) is 9.28. The van der Waals surface area contributed by atoms with Crippen LogP contribution in [-0.2, 0) is 9.53 Å². The van der Waals surface area contributed by atoms with Gasteiger partial charge in [0.1, 0.15) is 0 Å². The molecule has 2 heterocycles. The molecule has 0 bridgehead atoms. The van der Waals surface area contributed by atoms with Crippen LogP contribution in [-0.4, -0.2) is 19.3 Å². The Balaban J connectivity index is 2.03. The van der Waals surface area contributed by atoms with Crippen molar-refractivity contribution < 1.29 is 9.53 Å². The largest absolute Gasteiger partial charge is 0.465 e. The van der Waals surface area contributed by atoms with Crippen LogP contribution < -0.4 is 0 Å². The maximum atomic E-state index is 11.5. The van der Waals surface area contributed by atoms with Gasteiger partial charge in [0.25, 0.3) is 0 Å². The van der Waals surface area contributed by atoms with Gasteiger partial charge < -0.3 is 4.74 Å². The predicted molar refractivity (Wildman–Crippen MR) is 78.3 cm³/mol. The van der Waals surface area contributed by atoms with E-state index in [2.05, 4.69) is 11.1 Å². The minimum atomic E-state index is -0.325. The Kier molecular flexibility index (Phi) is 3.09. The molecule has 0 spiro atoms. The highest BCUT2D eigenvalue weighted by molar-refractivity contribution is 8.06. The Labute approximate surface area is 115 Å². The molecule has 0 unspecified atom stereocenters. The van der Waals surface area contributed by atoms with Crippen LogP contribution in [0.5, 0.6) is 0 Å². The van der Waals surface area contributed by atoms with E-state index >= 15 is 0 Å². The van der Waals surface area contributed by atoms with Crippen molar-refractivity contribution >= 4 is 35.7 Å². The van der Waals surface area contributed by atoms with Crippen LogP contribution in [0.2, 0.25) is 0 Å². The van der Waals surface area contributed by atoms with E-state index in [0.717, 1.165) is 21.7 Å². The van der Waals surface area contributed by atoms with Gasteiger partial charge in [-0.2, -0.15) is 0 Å². The molecule has 0 aromatic heterocycles.